The number of hydrogen-bond donors (Lipinski definition) is 0. The highest BCUT2D eigenvalue weighted by Gasteiger charge is 2.15. The molecule has 2 aromatic heterocycles. The largest absolute Gasteiger partial charge is 0.310 e. The van der Waals surface area contributed by atoms with Crippen LogP contribution in [-0.2, 0) is 0 Å². The van der Waals surface area contributed by atoms with Gasteiger partial charge >= 0.3 is 0 Å². The fraction of sp³-hybridized carbons (Fsp3) is 0. The van der Waals surface area contributed by atoms with Gasteiger partial charge in [0.1, 0.15) is 0 Å². The third kappa shape index (κ3) is 4.41. The first-order valence-electron chi connectivity index (χ1n) is 14.1. The zero-order valence-electron chi connectivity index (χ0n) is 22.8. The average Bonchev–Trinajstić information content (AvgIpc) is 3.44. The highest BCUT2D eigenvalue weighted by Crippen LogP contribution is 2.41. The van der Waals surface area contributed by atoms with E-state index < -0.39 is 0 Å². The minimum atomic E-state index is 1.12. The summed E-state index contributed by atoms with van der Waals surface area (Å²) in [6, 6.07) is 52.4. The van der Waals surface area contributed by atoms with Crippen molar-refractivity contribution in [2.24, 2.45) is 0 Å². The van der Waals surface area contributed by atoms with Gasteiger partial charge in [-0.25, -0.2) is 0 Å². The fourth-order valence-electron chi connectivity index (χ4n) is 5.81. The number of thiophene rings is 1. The maximum absolute atomic E-state index is 4.34. The standard InChI is InChI=1S/C39H26N2S/c1-2-6-27(7-3-1)29-12-16-33(17-13-29)41(35-20-21-38-37(25-35)36-22-23-40-26-39(36)42-38)34-18-14-30(15-19-34)32-11-10-28-8-4-5-9-31(28)24-32/h1-26H. The van der Waals surface area contributed by atoms with Crippen LogP contribution in [0.2, 0.25) is 0 Å². The lowest BCUT2D eigenvalue weighted by molar-refractivity contribution is 1.29. The van der Waals surface area contributed by atoms with Crippen molar-refractivity contribution in [3.8, 4) is 22.3 Å². The highest BCUT2D eigenvalue weighted by molar-refractivity contribution is 7.25. The third-order valence-corrected chi connectivity index (χ3v) is 9.08. The quantitative estimate of drug-likeness (QED) is 0.210. The van der Waals surface area contributed by atoms with E-state index in [1.807, 2.05) is 12.4 Å². The van der Waals surface area contributed by atoms with Gasteiger partial charge in [-0.15, -0.1) is 11.3 Å². The van der Waals surface area contributed by atoms with E-state index in [1.165, 1.54) is 53.2 Å². The van der Waals surface area contributed by atoms with Crippen LogP contribution >= 0.6 is 11.3 Å². The van der Waals surface area contributed by atoms with Crippen LogP contribution in [0.25, 0.3) is 53.2 Å². The van der Waals surface area contributed by atoms with Crippen molar-refractivity contribution in [1.82, 2.24) is 4.98 Å². The minimum Gasteiger partial charge on any atom is -0.310 e. The molecule has 0 bridgehead atoms. The molecule has 0 amide bonds. The van der Waals surface area contributed by atoms with Crippen molar-refractivity contribution in [3.63, 3.8) is 0 Å². The van der Waals surface area contributed by atoms with Gasteiger partial charge in [-0.05, 0) is 87.6 Å². The van der Waals surface area contributed by atoms with Gasteiger partial charge < -0.3 is 4.90 Å². The molecule has 2 nitrogen and oxygen atoms in total. The van der Waals surface area contributed by atoms with Gasteiger partial charge in [-0.2, -0.15) is 0 Å². The summed E-state index contributed by atoms with van der Waals surface area (Å²) in [6.07, 6.45) is 3.85. The van der Waals surface area contributed by atoms with E-state index in [-0.39, 0.29) is 0 Å². The normalized spacial score (nSPS) is 11.3. The predicted molar refractivity (Wildman–Crippen MR) is 180 cm³/mol. The molecule has 8 rings (SSSR count). The zero-order chi connectivity index (χ0) is 27.9. The van der Waals surface area contributed by atoms with Crippen molar-refractivity contribution in [2.45, 2.75) is 0 Å². The van der Waals surface area contributed by atoms with Crippen LogP contribution in [0.1, 0.15) is 0 Å². The number of pyridine rings is 1. The first-order valence-corrected chi connectivity index (χ1v) is 14.9. The summed E-state index contributed by atoms with van der Waals surface area (Å²) in [4.78, 5) is 6.69. The number of anilines is 3. The first kappa shape index (κ1) is 24.5. The van der Waals surface area contributed by atoms with E-state index in [0.29, 0.717) is 0 Å². The molecule has 0 fully saturated rings. The summed E-state index contributed by atoms with van der Waals surface area (Å²) >= 11 is 1.79. The minimum absolute atomic E-state index is 1.12. The molecule has 0 aliphatic carbocycles. The van der Waals surface area contributed by atoms with E-state index in [9.17, 15) is 0 Å². The molecule has 6 aromatic carbocycles. The summed E-state index contributed by atoms with van der Waals surface area (Å²) < 4.78 is 2.48. The van der Waals surface area contributed by atoms with E-state index in [0.717, 1.165) is 17.1 Å². The van der Waals surface area contributed by atoms with Crippen molar-refractivity contribution in [3.05, 3.63) is 158 Å². The molecule has 3 heteroatoms. The summed E-state index contributed by atoms with van der Waals surface area (Å²) in [6.45, 7) is 0. The molecular formula is C39H26N2S. The van der Waals surface area contributed by atoms with Crippen molar-refractivity contribution in [1.29, 1.82) is 0 Å². The van der Waals surface area contributed by atoms with Gasteiger partial charge in [0.2, 0.25) is 0 Å². The Hall–Kier alpha value is -5.25. The first-order chi connectivity index (χ1) is 20.8. The Morgan fingerprint density at radius 2 is 1.05 bits per heavy atom. The molecule has 0 aliphatic heterocycles. The van der Waals surface area contributed by atoms with Crippen LogP contribution in [0.5, 0.6) is 0 Å². The van der Waals surface area contributed by atoms with Crippen LogP contribution in [-0.4, -0.2) is 4.98 Å². The van der Waals surface area contributed by atoms with Crippen LogP contribution < -0.4 is 4.90 Å². The molecule has 0 aliphatic rings. The molecule has 0 N–H and O–H groups in total. The summed E-state index contributed by atoms with van der Waals surface area (Å²) in [7, 11) is 0. The second-order valence-corrected chi connectivity index (χ2v) is 11.6. The molecule has 42 heavy (non-hydrogen) atoms. The van der Waals surface area contributed by atoms with Gasteiger partial charge in [-0.1, -0.05) is 91.0 Å². The lowest BCUT2D eigenvalue weighted by Gasteiger charge is -2.26. The lowest BCUT2D eigenvalue weighted by atomic mass is 10.0. The van der Waals surface area contributed by atoms with E-state index in [2.05, 4.69) is 155 Å². The maximum atomic E-state index is 4.34. The Balaban J connectivity index is 1.23. The molecular weight excluding hydrogens is 529 g/mol. The van der Waals surface area contributed by atoms with Crippen LogP contribution in [0.15, 0.2) is 158 Å². The number of nitrogens with zero attached hydrogens (tertiary/aromatic N) is 2. The fourth-order valence-corrected chi connectivity index (χ4v) is 6.86. The second-order valence-electron chi connectivity index (χ2n) is 10.5. The van der Waals surface area contributed by atoms with E-state index in [4.69, 9.17) is 0 Å². The summed E-state index contributed by atoms with van der Waals surface area (Å²) in [5.74, 6) is 0. The summed E-state index contributed by atoms with van der Waals surface area (Å²) in [5.41, 5.74) is 8.22. The molecule has 2 heterocycles. The summed E-state index contributed by atoms with van der Waals surface area (Å²) in [5, 5.41) is 5.02. The number of aromatic nitrogens is 1. The number of rotatable bonds is 5. The Morgan fingerprint density at radius 3 is 1.81 bits per heavy atom. The zero-order valence-corrected chi connectivity index (χ0v) is 23.6. The average molecular weight is 555 g/mol. The number of benzene rings is 6. The van der Waals surface area contributed by atoms with Crippen molar-refractivity contribution < 1.29 is 0 Å². The van der Waals surface area contributed by atoms with Gasteiger partial charge in [0.05, 0.1) is 4.70 Å². The Labute approximate surface area is 248 Å². The van der Waals surface area contributed by atoms with Gasteiger partial charge in [0.15, 0.2) is 0 Å². The Bertz CT molecular complexity index is 2180. The molecule has 0 saturated carbocycles. The molecule has 8 aromatic rings. The molecule has 0 radical (unpaired) electrons. The smallest absolute Gasteiger partial charge is 0.0538 e. The number of fused-ring (bicyclic) bond motifs is 4. The molecule has 0 spiro atoms. The Morgan fingerprint density at radius 1 is 0.429 bits per heavy atom. The number of hydrogen-bond acceptors (Lipinski definition) is 3. The molecule has 0 atom stereocenters. The topological polar surface area (TPSA) is 16.1 Å². The predicted octanol–water partition coefficient (Wildman–Crippen LogP) is 11.4. The van der Waals surface area contributed by atoms with E-state index >= 15 is 0 Å². The van der Waals surface area contributed by atoms with Crippen LogP contribution in [0, 0.1) is 0 Å². The second kappa shape index (κ2) is 10.3. The van der Waals surface area contributed by atoms with Crippen molar-refractivity contribution in [2.75, 3.05) is 4.90 Å². The molecule has 198 valence electrons. The van der Waals surface area contributed by atoms with Crippen LogP contribution in [0.3, 0.4) is 0 Å². The maximum Gasteiger partial charge on any atom is 0.0538 e. The SMILES string of the molecule is c1ccc(-c2ccc(N(c3ccc(-c4ccc5ccccc5c4)cc3)c3ccc4sc5cnccc5c4c3)cc2)cc1. The third-order valence-electron chi connectivity index (χ3n) is 7.96. The highest BCUT2D eigenvalue weighted by atomic mass is 32.1. The van der Waals surface area contributed by atoms with E-state index in [1.54, 1.807) is 11.3 Å². The Kier molecular flexibility index (Phi) is 6.02. The lowest BCUT2D eigenvalue weighted by Crippen LogP contribution is -2.09. The van der Waals surface area contributed by atoms with Gasteiger partial charge in [0, 0.05) is 44.9 Å². The molecule has 0 saturated heterocycles. The van der Waals surface area contributed by atoms with Gasteiger partial charge in [-0.3, -0.25) is 4.98 Å². The molecule has 0 unspecified atom stereocenters. The van der Waals surface area contributed by atoms with Crippen molar-refractivity contribution >= 4 is 59.3 Å². The van der Waals surface area contributed by atoms with Gasteiger partial charge in [0.25, 0.3) is 0 Å². The van der Waals surface area contributed by atoms with Crippen LogP contribution in [0.4, 0.5) is 17.1 Å². The monoisotopic (exact) mass is 554 g/mol.